The van der Waals surface area contributed by atoms with Gasteiger partial charge in [-0.05, 0) is 80.5 Å². The second kappa shape index (κ2) is 8.49. The van der Waals surface area contributed by atoms with Crippen LogP contribution in [0.1, 0.15) is 27.0 Å². The van der Waals surface area contributed by atoms with Crippen LogP contribution in [0.15, 0.2) is 59.0 Å². The molecule has 3 aromatic carbocycles. The maximum Gasteiger partial charge on any atom is 0.257 e. The third-order valence-corrected chi connectivity index (χ3v) is 5.39. The fraction of sp³-hybridized carbons (Fsp3) is 0.125. The second-order valence-corrected chi connectivity index (χ2v) is 8.23. The molecule has 0 aliphatic rings. The van der Waals surface area contributed by atoms with Gasteiger partial charge < -0.3 is 9.73 Å². The maximum atomic E-state index is 12.6. The van der Waals surface area contributed by atoms with Gasteiger partial charge in [-0.1, -0.05) is 35.4 Å². The molecule has 156 valence electrons. The van der Waals surface area contributed by atoms with Crippen molar-refractivity contribution in [2.45, 2.75) is 20.8 Å². The highest BCUT2D eigenvalue weighted by Gasteiger charge is 2.14. The highest BCUT2D eigenvalue weighted by atomic mass is 35.5. The molecule has 0 aliphatic heterocycles. The number of aryl methyl sites for hydroxylation is 3. The Morgan fingerprint density at radius 2 is 1.74 bits per heavy atom. The summed E-state index contributed by atoms with van der Waals surface area (Å²) < 4.78 is 5.90. The normalized spacial score (nSPS) is 10.8. The number of aromatic nitrogens is 1. The van der Waals surface area contributed by atoms with Gasteiger partial charge in [0.2, 0.25) is 5.89 Å². The van der Waals surface area contributed by atoms with Crippen molar-refractivity contribution in [2.75, 3.05) is 5.32 Å². The van der Waals surface area contributed by atoms with Crippen LogP contribution in [0.25, 0.3) is 22.6 Å². The van der Waals surface area contributed by atoms with Crippen molar-refractivity contribution in [1.82, 2.24) is 10.3 Å². The standard InChI is InChI=1S/C24H20ClN3O2S/c1-13-4-7-17(15(3)10-13)22(29)28-24(31)27-20-12-16(6-8-18(20)25)23-26-19-9-5-14(2)11-21(19)30-23/h4-12H,1-3H3,(H2,27,28,29,31). The third kappa shape index (κ3) is 4.60. The van der Waals surface area contributed by atoms with Gasteiger partial charge in [-0.3, -0.25) is 10.1 Å². The molecule has 1 aromatic heterocycles. The average Bonchev–Trinajstić information content (AvgIpc) is 3.12. The van der Waals surface area contributed by atoms with E-state index in [1.165, 1.54) is 0 Å². The maximum absolute atomic E-state index is 12.6. The molecule has 4 rings (SSSR count). The van der Waals surface area contributed by atoms with E-state index in [1.807, 2.05) is 57.2 Å². The van der Waals surface area contributed by atoms with Gasteiger partial charge in [0.1, 0.15) is 5.52 Å². The number of amides is 1. The van der Waals surface area contributed by atoms with E-state index in [4.69, 9.17) is 28.2 Å². The number of hydrogen-bond donors (Lipinski definition) is 2. The van der Waals surface area contributed by atoms with E-state index in [9.17, 15) is 4.79 Å². The number of hydrogen-bond acceptors (Lipinski definition) is 4. The summed E-state index contributed by atoms with van der Waals surface area (Å²) in [5.74, 6) is 0.196. The molecule has 0 saturated carbocycles. The number of nitrogens with zero attached hydrogens (tertiary/aromatic N) is 1. The molecule has 0 bridgehead atoms. The number of halogens is 1. The number of rotatable bonds is 3. The quantitative estimate of drug-likeness (QED) is 0.364. The van der Waals surface area contributed by atoms with E-state index in [0.717, 1.165) is 33.4 Å². The number of fused-ring (bicyclic) bond motifs is 1. The molecule has 0 spiro atoms. The van der Waals surface area contributed by atoms with Crippen LogP contribution in [0.3, 0.4) is 0 Å². The smallest absolute Gasteiger partial charge is 0.257 e. The minimum Gasteiger partial charge on any atom is -0.436 e. The van der Waals surface area contributed by atoms with Crippen molar-refractivity contribution in [2.24, 2.45) is 0 Å². The Hall–Kier alpha value is -3.22. The first kappa shape index (κ1) is 21.0. The highest BCUT2D eigenvalue weighted by Crippen LogP contribution is 2.30. The van der Waals surface area contributed by atoms with Crippen molar-refractivity contribution in [3.63, 3.8) is 0 Å². The van der Waals surface area contributed by atoms with Crippen LogP contribution in [-0.2, 0) is 0 Å². The summed E-state index contributed by atoms with van der Waals surface area (Å²) in [7, 11) is 0. The average molecular weight is 450 g/mol. The molecule has 0 aliphatic carbocycles. The molecule has 1 amide bonds. The fourth-order valence-corrected chi connectivity index (χ4v) is 3.67. The summed E-state index contributed by atoms with van der Waals surface area (Å²) in [6, 6.07) is 16.8. The summed E-state index contributed by atoms with van der Waals surface area (Å²) in [5.41, 5.74) is 6.42. The Bertz CT molecular complexity index is 1330. The van der Waals surface area contributed by atoms with Crippen molar-refractivity contribution >= 4 is 51.6 Å². The molecule has 5 nitrogen and oxygen atoms in total. The lowest BCUT2D eigenvalue weighted by Crippen LogP contribution is -2.34. The molecule has 0 atom stereocenters. The van der Waals surface area contributed by atoms with Crippen LogP contribution in [0.2, 0.25) is 5.02 Å². The lowest BCUT2D eigenvalue weighted by Gasteiger charge is -2.13. The number of anilines is 1. The predicted octanol–water partition coefficient (Wildman–Crippen LogP) is 6.20. The lowest BCUT2D eigenvalue weighted by atomic mass is 10.1. The Morgan fingerprint density at radius 3 is 2.52 bits per heavy atom. The van der Waals surface area contributed by atoms with E-state index in [1.54, 1.807) is 18.2 Å². The van der Waals surface area contributed by atoms with E-state index in [0.29, 0.717) is 22.2 Å². The molecule has 0 radical (unpaired) electrons. The van der Waals surface area contributed by atoms with Gasteiger partial charge in [0, 0.05) is 11.1 Å². The molecule has 0 unspecified atom stereocenters. The molecule has 2 N–H and O–H groups in total. The van der Waals surface area contributed by atoms with Gasteiger partial charge >= 0.3 is 0 Å². The zero-order valence-corrected chi connectivity index (χ0v) is 18.8. The monoisotopic (exact) mass is 449 g/mol. The summed E-state index contributed by atoms with van der Waals surface area (Å²) in [6.45, 7) is 5.87. The van der Waals surface area contributed by atoms with Gasteiger partial charge in [-0.25, -0.2) is 4.98 Å². The molecule has 0 saturated heterocycles. The number of benzene rings is 3. The van der Waals surface area contributed by atoms with Gasteiger partial charge in [0.25, 0.3) is 5.91 Å². The van der Waals surface area contributed by atoms with Crippen LogP contribution in [-0.4, -0.2) is 16.0 Å². The van der Waals surface area contributed by atoms with E-state index < -0.39 is 0 Å². The molecular formula is C24H20ClN3O2S. The SMILES string of the molecule is Cc1ccc(C(=O)NC(=S)Nc2cc(-c3nc4ccc(C)cc4o3)ccc2Cl)c(C)c1. The minimum absolute atomic E-state index is 0.150. The summed E-state index contributed by atoms with van der Waals surface area (Å²) in [6.07, 6.45) is 0. The van der Waals surface area contributed by atoms with Gasteiger partial charge in [-0.15, -0.1) is 0 Å². The molecule has 31 heavy (non-hydrogen) atoms. The molecule has 0 fully saturated rings. The largest absolute Gasteiger partial charge is 0.436 e. The van der Waals surface area contributed by atoms with Crippen molar-refractivity contribution in [1.29, 1.82) is 0 Å². The molecule has 7 heteroatoms. The number of thiocarbonyl (C=S) groups is 1. The topological polar surface area (TPSA) is 67.2 Å². The number of nitrogens with one attached hydrogen (secondary N) is 2. The zero-order valence-electron chi connectivity index (χ0n) is 17.2. The minimum atomic E-state index is -0.281. The Labute approximate surface area is 190 Å². The van der Waals surface area contributed by atoms with Crippen molar-refractivity contribution in [3.05, 3.63) is 81.9 Å². The first-order valence-corrected chi connectivity index (χ1v) is 10.5. The van der Waals surface area contributed by atoms with Crippen LogP contribution >= 0.6 is 23.8 Å². The summed E-state index contributed by atoms with van der Waals surface area (Å²) >= 11 is 11.7. The van der Waals surface area contributed by atoms with Crippen LogP contribution in [0.5, 0.6) is 0 Å². The molecule has 4 aromatic rings. The summed E-state index contributed by atoms with van der Waals surface area (Å²) in [5, 5.41) is 6.30. The predicted molar refractivity (Wildman–Crippen MR) is 129 cm³/mol. The summed E-state index contributed by atoms with van der Waals surface area (Å²) in [4.78, 5) is 17.1. The van der Waals surface area contributed by atoms with Crippen molar-refractivity contribution in [3.8, 4) is 11.5 Å². The first-order chi connectivity index (χ1) is 14.8. The first-order valence-electron chi connectivity index (χ1n) is 9.67. The van der Waals surface area contributed by atoms with Crippen LogP contribution < -0.4 is 10.6 Å². The van der Waals surface area contributed by atoms with Crippen LogP contribution in [0, 0.1) is 20.8 Å². The van der Waals surface area contributed by atoms with Gasteiger partial charge in [0.05, 0.1) is 10.7 Å². The number of oxazole rings is 1. The van der Waals surface area contributed by atoms with Crippen LogP contribution in [0.4, 0.5) is 5.69 Å². The second-order valence-electron chi connectivity index (χ2n) is 7.41. The fourth-order valence-electron chi connectivity index (χ4n) is 3.30. The Balaban J connectivity index is 1.54. The van der Waals surface area contributed by atoms with Crippen molar-refractivity contribution < 1.29 is 9.21 Å². The van der Waals surface area contributed by atoms with E-state index in [-0.39, 0.29) is 11.0 Å². The molecular weight excluding hydrogens is 430 g/mol. The Morgan fingerprint density at radius 1 is 1.00 bits per heavy atom. The number of carbonyl (C=O) groups is 1. The Kier molecular flexibility index (Phi) is 5.76. The third-order valence-electron chi connectivity index (χ3n) is 4.86. The number of carbonyl (C=O) groups excluding carboxylic acids is 1. The van der Waals surface area contributed by atoms with E-state index in [2.05, 4.69) is 15.6 Å². The van der Waals surface area contributed by atoms with E-state index >= 15 is 0 Å². The molecule has 1 heterocycles. The zero-order chi connectivity index (χ0) is 22.1. The van der Waals surface area contributed by atoms with Gasteiger partial charge in [0.15, 0.2) is 10.7 Å². The lowest BCUT2D eigenvalue weighted by molar-refractivity contribution is 0.0977. The van der Waals surface area contributed by atoms with Gasteiger partial charge in [-0.2, -0.15) is 0 Å². The highest BCUT2D eigenvalue weighted by molar-refractivity contribution is 7.80.